The van der Waals surface area contributed by atoms with Crippen molar-refractivity contribution in [2.45, 2.75) is 13.8 Å². The molecule has 1 aromatic heterocycles. The molecule has 138 valence electrons. The molecule has 3 aromatic carbocycles. The number of nitrogens with one attached hydrogen (secondary N) is 1. The van der Waals surface area contributed by atoms with Crippen molar-refractivity contribution in [1.82, 2.24) is 4.98 Å². The lowest BCUT2D eigenvalue weighted by Crippen LogP contribution is -1.99. The van der Waals surface area contributed by atoms with Crippen molar-refractivity contribution in [3.05, 3.63) is 96.1 Å². The summed E-state index contributed by atoms with van der Waals surface area (Å²) in [6.45, 7) is 4.09. The normalized spacial score (nSPS) is 11.4. The van der Waals surface area contributed by atoms with Gasteiger partial charge in [0.25, 0.3) is 0 Å². The summed E-state index contributed by atoms with van der Waals surface area (Å²) in [5.41, 5.74) is 9.65. The Morgan fingerprint density at radius 1 is 0.821 bits per heavy atom. The van der Waals surface area contributed by atoms with Gasteiger partial charge in [-0.25, -0.2) is 4.98 Å². The maximum Gasteiger partial charge on any atom is 0.204 e. The molecule has 0 aliphatic heterocycles. The predicted molar refractivity (Wildman–Crippen MR) is 120 cm³/mol. The molecule has 4 heteroatoms. The second kappa shape index (κ2) is 8.19. The Morgan fingerprint density at radius 3 is 2.07 bits per heavy atom. The van der Waals surface area contributed by atoms with Crippen LogP contribution in [0.25, 0.3) is 21.7 Å². The second-order valence-electron chi connectivity index (χ2n) is 6.60. The van der Waals surface area contributed by atoms with Gasteiger partial charge in [0.05, 0.1) is 16.3 Å². The third-order valence-electron chi connectivity index (χ3n) is 4.50. The van der Waals surface area contributed by atoms with Crippen molar-refractivity contribution in [1.29, 1.82) is 0 Å². The lowest BCUT2D eigenvalue weighted by atomic mass is 10.1. The molecule has 0 aliphatic carbocycles. The largest absolute Gasteiger partial charge is 0.252 e. The van der Waals surface area contributed by atoms with E-state index in [2.05, 4.69) is 78.1 Å². The zero-order valence-electron chi connectivity index (χ0n) is 15.9. The van der Waals surface area contributed by atoms with Crippen LogP contribution in [0.4, 0.5) is 5.13 Å². The molecule has 4 rings (SSSR count). The Labute approximate surface area is 169 Å². The van der Waals surface area contributed by atoms with Crippen molar-refractivity contribution in [2.75, 3.05) is 5.43 Å². The molecule has 28 heavy (non-hydrogen) atoms. The highest BCUT2D eigenvalue weighted by atomic mass is 32.1. The van der Waals surface area contributed by atoms with Crippen LogP contribution in [0.3, 0.4) is 0 Å². The molecular formula is C24H21N3S. The fourth-order valence-corrected chi connectivity index (χ4v) is 3.87. The topological polar surface area (TPSA) is 37.3 Å². The van der Waals surface area contributed by atoms with Crippen molar-refractivity contribution >= 4 is 22.2 Å². The zero-order chi connectivity index (χ0) is 19.3. The van der Waals surface area contributed by atoms with Gasteiger partial charge in [-0.3, -0.25) is 5.43 Å². The number of benzene rings is 3. The van der Waals surface area contributed by atoms with Gasteiger partial charge in [0.1, 0.15) is 0 Å². The van der Waals surface area contributed by atoms with Crippen molar-refractivity contribution in [2.24, 2.45) is 5.10 Å². The van der Waals surface area contributed by atoms with E-state index >= 15 is 0 Å². The van der Waals surface area contributed by atoms with E-state index < -0.39 is 0 Å². The van der Waals surface area contributed by atoms with E-state index in [4.69, 9.17) is 4.98 Å². The Kier molecular flexibility index (Phi) is 5.31. The molecule has 0 spiro atoms. The number of rotatable bonds is 5. The minimum absolute atomic E-state index is 0.782. The van der Waals surface area contributed by atoms with E-state index in [9.17, 15) is 0 Å². The molecule has 0 unspecified atom stereocenters. The van der Waals surface area contributed by atoms with Crippen molar-refractivity contribution < 1.29 is 0 Å². The van der Waals surface area contributed by atoms with Crippen LogP contribution in [0.5, 0.6) is 0 Å². The van der Waals surface area contributed by atoms with Crippen LogP contribution in [0.1, 0.15) is 18.1 Å². The summed E-state index contributed by atoms with van der Waals surface area (Å²) in [6, 6.07) is 29.0. The third-order valence-corrected chi connectivity index (χ3v) is 5.51. The molecule has 0 bridgehead atoms. The van der Waals surface area contributed by atoms with Crippen LogP contribution < -0.4 is 5.43 Å². The van der Waals surface area contributed by atoms with Crippen molar-refractivity contribution in [3.8, 4) is 21.7 Å². The summed E-state index contributed by atoms with van der Waals surface area (Å²) in [7, 11) is 0. The number of hydrazone groups is 1. The average Bonchev–Trinajstić information content (AvgIpc) is 3.18. The minimum Gasteiger partial charge on any atom is -0.252 e. The summed E-state index contributed by atoms with van der Waals surface area (Å²) in [5.74, 6) is 0. The third kappa shape index (κ3) is 4.02. The predicted octanol–water partition coefficient (Wildman–Crippen LogP) is 6.62. The van der Waals surface area contributed by atoms with Gasteiger partial charge in [0.2, 0.25) is 5.13 Å². The second-order valence-corrected chi connectivity index (χ2v) is 7.60. The number of anilines is 1. The highest BCUT2D eigenvalue weighted by Crippen LogP contribution is 2.38. The molecule has 0 fully saturated rings. The van der Waals surface area contributed by atoms with Gasteiger partial charge in [0, 0.05) is 5.56 Å². The molecule has 0 radical (unpaired) electrons. The Balaban J connectivity index is 1.67. The summed E-state index contributed by atoms with van der Waals surface area (Å²) in [6.07, 6.45) is 0. The van der Waals surface area contributed by atoms with Crippen LogP contribution in [0.15, 0.2) is 90.0 Å². The fourth-order valence-electron chi connectivity index (χ4n) is 2.94. The quantitative estimate of drug-likeness (QED) is 0.310. The highest BCUT2D eigenvalue weighted by molar-refractivity contribution is 7.19. The van der Waals surface area contributed by atoms with E-state index in [0.717, 1.165) is 38.1 Å². The number of hydrogen-bond donors (Lipinski definition) is 1. The summed E-state index contributed by atoms with van der Waals surface area (Å²) in [5, 5.41) is 5.33. The number of hydrogen-bond acceptors (Lipinski definition) is 4. The summed E-state index contributed by atoms with van der Waals surface area (Å²) >= 11 is 1.62. The first-order valence-corrected chi connectivity index (χ1v) is 10.0. The Morgan fingerprint density at radius 2 is 1.43 bits per heavy atom. The molecule has 0 aliphatic rings. The van der Waals surface area contributed by atoms with E-state index in [0.29, 0.717) is 0 Å². The SMILES string of the molecule is C/C(=N\Nc1nc(-c2ccccc2)c(-c2ccccc2)s1)c1ccc(C)cc1. The fraction of sp³-hybridized carbons (Fsp3) is 0.0833. The maximum atomic E-state index is 4.84. The number of nitrogens with zero attached hydrogens (tertiary/aromatic N) is 2. The Hall–Kier alpha value is -3.24. The summed E-state index contributed by atoms with van der Waals surface area (Å²) in [4.78, 5) is 5.97. The number of thiazole rings is 1. The lowest BCUT2D eigenvalue weighted by Gasteiger charge is -2.02. The maximum absolute atomic E-state index is 4.84. The molecule has 1 heterocycles. The van der Waals surface area contributed by atoms with Crippen LogP contribution in [0.2, 0.25) is 0 Å². The average molecular weight is 384 g/mol. The van der Waals surface area contributed by atoms with Gasteiger partial charge in [-0.2, -0.15) is 5.10 Å². The Bertz CT molecular complexity index is 1020. The molecular weight excluding hydrogens is 362 g/mol. The molecule has 0 atom stereocenters. The molecule has 0 amide bonds. The molecule has 3 nitrogen and oxygen atoms in total. The lowest BCUT2D eigenvalue weighted by molar-refractivity contribution is 1.27. The van der Waals surface area contributed by atoms with Gasteiger partial charge in [-0.15, -0.1) is 0 Å². The molecule has 4 aromatic rings. The van der Waals surface area contributed by atoms with Gasteiger partial charge in [-0.05, 0) is 25.0 Å². The molecule has 1 N–H and O–H groups in total. The monoisotopic (exact) mass is 383 g/mol. The van der Waals surface area contributed by atoms with Crippen LogP contribution >= 0.6 is 11.3 Å². The standard InChI is InChI=1S/C24H21N3S/c1-17-13-15-19(16-14-17)18(2)26-27-24-25-22(20-9-5-3-6-10-20)23(28-24)21-11-7-4-8-12-21/h3-16H,1-2H3,(H,25,27)/b26-18+. The number of aryl methyl sites for hydroxylation is 1. The van der Waals surface area contributed by atoms with E-state index in [1.807, 2.05) is 31.2 Å². The van der Waals surface area contributed by atoms with Gasteiger partial charge >= 0.3 is 0 Å². The number of aromatic nitrogens is 1. The molecule has 0 saturated carbocycles. The summed E-state index contributed by atoms with van der Waals surface area (Å²) < 4.78 is 0. The first-order chi connectivity index (χ1) is 13.7. The smallest absolute Gasteiger partial charge is 0.204 e. The first-order valence-electron chi connectivity index (χ1n) is 9.20. The minimum atomic E-state index is 0.782. The van der Waals surface area contributed by atoms with E-state index in [1.165, 1.54) is 5.56 Å². The van der Waals surface area contributed by atoms with E-state index in [-0.39, 0.29) is 0 Å². The first kappa shape index (κ1) is 18.1. The van der Waals surface area contributed by atoms with E-state index in [1.54, 1.807) is 11.3 Å². The van der Waals surface area contributed by atoms with Gasteiger partial charge in [0.15, 0.2) is 0 Å². The van der Waals surface area contributed by atoms with Crippen molar-refractivity contribution in [3.63, 3.8) is 0 Å². The van der Waals surface area contributed by atoms with Gasteiger partial charge < -0.3 is 0 Å². The molecule has 0 saturated heterocycles. The van der Waals surface area contributed by atoms with Crippen LogP contribution in [0, 0.1) is 6.92 Å². The van der Waals surface area contributed by atoms with Crippen LogP contribution in [-0.2, 0) is 0 Å². The zero-order valence-corrected chi connectivity index (χ0v) is 16.7. The van der Waals surface area contributed by atoms with Gasteiger partial charge in [-0.1, -0.05) is 102 Å². The highest BCUT2D eigenvalue weighted by Gasteiger charge is 2.14. The van der Waals surface area contributed by atoms with Crippen LogP contribution in [-0.4, -0.2) is 10.7 Å².